The van der Waals surface area contributed by atoms with E-state index in [1.807, 2.05) is 24.3 Å². The maximum Gasteiger partial charge on any atom is 0.316 e. The van der Waals surface area contributed by atoms with Crippen LogP contribution in [0.25, 0.3) is 11.1 Å². The van der Waals surface area contributed by atoms with Gasteiger partial charge in [-0.2, -0.15) is 0 Å². The molecule has 2 aromatic carbocycles. The molecule has 1 aromatic heterocycles. The van der Waals surface area contributed by atoms with Crippen LogP contribution in [-0.2, 0) is 6.54 Å². The normalized spacial score (nSPS) is 21.1. The number of ether oxygens (including phenoxy) is 1. The molecular formula is C26H28ClN3O. The maximum atomic E-state index is 6.06. The first kappa shape index (κ1) is 20.5. The largest absolute Gasteiger partial charge is 0.463 e. The zero-order chi connectivity index (χ0) is 21.0. The SMILES string of the molecule is Clc1cccc(-c2cnc(OC[C@H]3C[C@@H](c4ccc(CN5CCCC5)cc4)C3)nc2)c1. The molecular weight excluding hydrogens is 406 g/mol. The van der Waals surface area contributed by atoms with E-state index in [4.69, 9.17) is 16.3 Å². The number of rotatable bonds is 7. The summed E-state index contributed by atoms with van der Waals surface area (Å²) in [5.74, 6) is 1.23. The zero-order valence-electron chi connectivity index (χ0n) is 17.7. The van der Waals surface area contributed by atoms with Gasteiger partial charge >= 0.3 is 6.01 Å². The lowest BCUT2D eigenvalue weighted by Crippen LogP contribution is -2.27. The number of benzene rings is 2. The molecule has 1 saturated carbocycles. The van der Waals surface area contributed by atoms with Crippen LogP contribution < -0.4 is 4.74 Å². The highest BCUT2D eigenvalue weighted by atomic mass is 35.5. The highest BCUT2D eigenvalue weighted by Gasteiger charge is 2.31. The molecule has 0 amide bonds. The highest BCUT2D eigenvalue weighted by molar-refractivity contribution is 6.30. The van der Waals surface area contributed by atoms with Crippen molar-refractivity contribution in [2.45, 2.75) is 38.1 Å². The number of likely N-dealkylation sites (tertiary alicyclic amines) is 1. The van der Waals surface area contributed by atoms with Gasteiger partial charge in [0, 0.05) is 29.5 Å². The maximum absolute atomic E-state index is 6.06. The summed E-state index contributed by atoms with van der Waals surface area (Å²) in [7, 11) is 0. The van der Waals surface area contributed by atoms with Crippen molar-refractivity contribution >= 4 is 11.6 Å². The van der Waals surface area contributed by atoms with E-state index in [2.05, 4.69) is 39.1 Å². The van der Waals surface area contributed by atoms with Gasteiger partial charge in [-0.25, -0.2) is 9.97 Å². The Labute approximate surface area is 189 Å². The average molecular weight is 434 g/mol. The van der Waals surface area contributed by atoms with Crippen LogP contribution in [0.2, 0.25) is 5.02 Å². The molecule has 0 bridgehead atoms. The molecule has 0 spiro atoms. The third kappa shape index (κ3) is 5.08. The quantitative estimate of drug-likeness (QED) is 0.460. The molecule has 1 aliphatic carbocycles. The minimum absolute atomic E-state index is 0.445. The number of aromatic nitrogens is 2. The molecule has 1 aliphatic heterocycles. The van der Waals surface area contributed by atoms with Crippen LogP contribution >= 0.6 is 11.6 Å². The van der Waals surface area contributed by atoms with E-state index < -0.39 is 0 Å². The van der Waals surface area contributed by atoms with E-state index in [9.17, 15) is 0 Å². The van der Waals surface area contributed by atoms with Gasteiger partial charge in [0.2, 0.25) is 0 Å². The third-order valence-corrected chi connectivity index (χ3v) is 6.76. The molecule has 2 fully saturated rings. The summed E-state index contributed by atoms with van der Waals surface area (Å²) >= 11 is 6.06. The Bertz CT molecular complexity index is 994. The number of nitrogens with zero attached hydrogens (tertiary/aromatic N) is 3. The van der Waals surface area contributed by atoms with Gasteiger partial charge in [0.1, 0.15) is 0 Å². The lowest BCUT2D eigenvalue weighted by atomic mass is 9.72. The Morgan fingerprint density at radius 1 is 0.935 bits per heavy atom. The van der Waals surface area contributed by atoms with E-state index in [0.29, 0.717) is 29.5 Å². The van der Waals surface area contributed by atoms with E-state index in [-0.39, 0.29) is 0 Å². The van der Waals surface area contributed by atoms with Gasteiger partial charge in [0.05, 0.1) is 6.61 Å². The molecule has 0 radical (unpaired) electrons. The third-order valence-electron chi connectivity index (χ3n) is 6.53. The zero-order valence-corrected chi connectivity index (χ0v) is 18.5. The van der Waals surface area contributed by atoms with Crippen molar-refractivity contribution in [2.75, 3.05) is 19.7 Å². The van der Waals surface area contributed by atoms with Crippen molar-refractivity contribution in [1.82, 2.24) is 14.9 Å². The van der Waals surface area contributed by atoms with Crippen molar-refractivity contribution in [3.05, 3.63) is 77.1 Å². The monoisotopic (exact) mass is 433 g/mol. The summed E-state index contributed by atoms with van der Waals surface area (Å²) in [5, 5.41) is 0.707. The van der Waals surface area contributed by atoms with Crippen molar-refractivity contribution in [1.29, 1.82) is 0 Å². The molecule has 160 valence electrons. The molecule has 0 unspecified atom stereocenters. The predicted octanol–water partition coefficient (Wildman–Crippen LogP) is 5.97. The van der Waals surface area contributed by atoms with E-state index >= 15 is 0 Å². The minimum Gasteiger partial charge on any atom is -0.463 e. The molecule has 31 heavy (non-hydrogen) atoms. The van der Waals surface area contributed by atoms with Crippen molar-refractivity contribution in [2.24, 2.45) is 5.92 Å². The van der Waals surface area contributed by atoms with Gasteiger partial charge in [-0.3, -0.25) is 4.90 Å². The van der Waals surface area contributed by atoms with Crippen molar-refractivity contribution in [3.63, 3.8) is 0 Å². The van der Waals surface area contributed by atoms with Gasteiger partial charge in [0.15, 0.2) is 0 Å². The van der Waals surface area contributed by atoms with Gasteiger partial charge < -0.3 is 4.74 Å². The summed E-state index contributed by atoms with van der Waals surface area (Å²) in [6.07, 6.45) is 8.63. The van der Waals surface area contributed by atoms with E-state index in [0.717, 1.165) is 17.7 Å². The first-order valence-corrected chi connectivity index (χ1v) is 11.6. The molecule has 4 nitrogen and oxygen atoms in total. The van der Waals surface area contributed by atoms with Crippen molar-refractivity contribution < 1.29 is 4.74 Å². The molecule has 5 heteroatoms. The summed E-state index contributed by atoms with van der Waals surface area (Å²) in [4.78, 5) is 11.3. The molecule has 1 saturated heterocycles. The number of hydrogen-bond acceptors (Lipinski definition) is 4. The molecule has 0 atom stereocenters. The van der Waals surface area contributed by atoms with Gasteiger partial charge in [-0.05, 0) is 79.4 Å². The second kappa shape index (κ2) is 9.37. The van der Waals surface area contributed by atoms with Gasteiger partial charge in [-0.15, -0.1) is 0 Å². The summed E-state index contributed by atoms with van der Waals surface area (Å²) in [6.45, 7) is 4.27. The van der Waals surface area contributed by atoms with Crippen LogP contribution in [0.15, 0.2) is 60.9 Å². The number of hydrogen-bond donors (Lipinski definition) is 0. The van der Waals surface area contributed by atoms with Crippen LogP contribution in [0.4, 0.5) is 0 Å². The van der Waals surface area contributed by atoms with Crippen LogP contribution in [0.5, 0.6) is 6.01 Å². The van der Waals surface area contributed by atoms with Crippen LogP contribution in [0, 0.1) is 5.92 Å². The fourth-order valence-corrected chi connectivity index (χ4v) is 4.83. The lowest BCUT2D eigenvalue weighted by molar-refractivity contribution is 0.149. The molecule has 3 aromatic rings. The van der Waals surface area contributed by atoms with Gasteiger partial charge in [0.25, 0.3) is 0 Å². The number of halogens is 1. The highest BCUT2D eigenvalue weighted by Crippen LogP contribution is 2.41. The first-order chi connectivity index (χ1) is 15.2. The molecule has 2 aliphatic rings. The van der Waals surface area contributed by atoms with Gasteiger partial charge in [-0.1, -0.05) is 48.0 Å². The Hall–Kier alpha value is -2.43. The fourth-order valence-electron chi connectivity index (χ4n) is 4.64. The van der Waals surface area contributed by atoms with Crippen LogP contribution in [0.3, 0.4) is 0 Å². The predicted molar refractivity (Wildman–Crippen MR) is 124 cm³/mol. The first-order valence-electron chi connectivity index (χ1n) is 11.2. The summed E-state index contributed by atoms with van der Waals surface area (Å²) in [5.41, 5.74) is 4.84. The van der Waals surface area contributed by atoms with E-state index in [1.54, 1.807) is 12.4 Å². The Kier molecular flexibility index (Phi) is 6.19. The standard InChI is InChI=1S/C26H28ClN3O/c27-25-5-3-4-22(14-25)24-15-28-26(29-16-24)31-18-20-12-23(13-20)21-8-6-19(7-9-21)17-30-10-1-2-11-30/h3-9,14-16,20,23H,1-2,10-13,17-18H2/t20-,23+. The molecule has 0 N–H and O–H groups in total. The fraction of sp³-hybridized carbons (Fsp3) is 0.385. The smallest absolute Gasteiger partial charge is 0.316 e. The minimum atomic E-state index is 0.445. The molecule has 2 heterocycles. The lowest BCUT2D eigenvalue weighted by Gasteiger charge is -2.35. The average Bonchev–Trinajstić information content (AvgIpc) is 3.27. The molecule has 5 rings (SSSR count). The second-order valence-corrected chi connectivity index (χ2v) is 9.27. The Morgan fingerprint density at radius 2 is 1.68 bits per heavy atom. The van der Waals surface area contributed by atoms with Crippen molar-refractivity contribution in [3.8, 4) is 17.1 Å². The Morgan fingerprint density at radius 3 is 2.39 bits per heavy atom. The Balaban J connectivity index is 1.08. The second-order valence-electron chi connectivity index (χ2n) is 8.83. The van der Waals surface area contributed by atoms with Crippen LogP contribution in [0.1, 0.15) is 42.7 Å². The topological polar surface area (TPSA) is 38.2 Å². The summed E-state index contributed by atoms with van der Waals surface area (Å²) < 4.78 is 5.85. The summed E-state index contributed by atoms with van der Waals surface area (Å²) in [6, 6.07) is 17.4. The van der Waals surface area contributed by atoms with Crippen LogP contribution in [-0.4, -0.2) is 34.6 Å². The van der Waals surface area contributed by atoms with E-state index in [1.165, 1.54) is 49.9 Å².